The number of carbonyl (C=O) groups is 1. The van der Waals surface area contributed by atoms with Crippen LogP contribution in [0.15, 0.2) is 46.0 Å². The zero-order chi connectivity index (χ0) is 16.7. The normalized spacial score (nSPS) is 11.2. The summed E-state index contributed by atoms with van der Waals surface area (Å²) in [7, 11) is -2.01. The summed E-state index contributed by atoms with van der Waals surface area (Å²) in [5.74, 6) is 0.394. The number of rotatable bonds is 8. The van der Waals surface area contributed by atoms with E-state index >= 15 is 0 Å². The Bertz CT molecular complexity index is 743. The van der Waals surface area contributed by atoms with Crippen LogP contribution in [0.5, 0.6) is 5.75 Å². The maximum absolute atomic E-state index is 11.9. The van der Waals surface area contributed by atoms with Gasteiger partial charge in [-0.3, -0.25) is 4.79 Å². The highest BCUT2D eigenvalue weighted by Crippen LogP contribution is 2.15. The van der Waals surface area contributed by atoms with Gasteiger partial charge in [0, 0.05) is 6.54 Å². The third-order valence-electron chi connectivity index (χ3n) is 3.05. The highest BCUT2D eigenvalue weighted by atomic mass is 32.2. The molecule has 0 spiro atoms. The third-order valence-corrected chi connectivity index (χ3v) is 5.85. The quantitative estimate of drug-likeness (QED) is 0.750. The van der Waals surface area contributed by atoms with E-state index in [1.54, 1.807) is 18.6 Å². The van der Waals surface area contributed by atoms with Crippen molar-refractivity contribution in [3.8, 4) is 5.75 Å². The second-order valence-corrected chi connectivity index (χ2v) is 7.65. The number of benzene rings is 1. The van der Waals surface area contributed by atoms with Crippen LogP contribution in [0.1, 0.15) is 5.56 Å². The first kappa shape index (κ1) is 17.5. The SMILES string of the molecule is COc1cccc(CCNC(=O)CNS(=O)(=O)c2cccs2)c1. The van der Waals surface area contributed by atoms with Crippen LogP contribution in [0, 0.1) is 0 Å². The van der Waals surface area contributed by atoms with Gasteiger partial charge in [0.1, 0.15) is 9.96 Å². The van der Waals surface area contributed by atoms with E-state index in [1.165, 1.54) is 6.07 Å². The predicted molar refractivity (Wildman–Crippen MR) is 89.2 cm³/mol. The number of thiophene rings is 1. The molecule has 0 aliphatic carbocycles. The van der Waals surface area contributed by atoms with Gasteiger partial charge in [0.25, 0.3) is 10.0 Å². The van der Waals surface area contributed by atoms with Gasteiger partial charge in [0.2, 0.25) is 5.91 Å². The molecule has 0 fully saturated rings. The number of carbonyl (C=O) groups excluding carboxylic acids is 1. The van der Waals surface area contributed by atoms with Gasteiger partial charge in [-0.2, -0.15) is 0 Å². The van der Waals surface area contributed by atoms with Crippen LogP contribution in [-0.4, -0.2) is 34.5 Å². The number of ether oxygens (including phenoxy) is 1. The van der Waals surface area contributed by atoms with E-state index in [-0.39, 0.29) is 16.7 Å². The maximum atomic E-state index is 11.9. The van der Waals surface area contributed by atoms with Crippen molar-refractivity contribution >= 4 is 27.3 Å². The number of hydrogen-bond donors (Lipinski definition) is 2. The molecule has 0 saturated heterocycles. The first-order valence-corrected chi connectivity index (χ1v) is 9.30. The van der Waals surface area contributed by atoms with Gasteiger partial charge in [-0.05, 0) is 35.6 Å². The van der Waals surface area contributed by atoms with Crippen molar-refractivity contribution in [1.29, 1.82) is 0 Å². The Morgan fingerprint density at radius 2 is 2.09 bits per heavy atom. The Labute approximate surface area is 139 Å². The summed E-state index contributed by atoms with van der Waals surface area (Å²) in [5, 5.41) is 4.35. The molecule has 0 radical (unpaired) electrons. The largest absolute Gasteiger partial charge is 0.497 e. The molecule has 0 unspecified atom stereocenters. The van der Waals surface area contributed by atoms with E-state index in [9.17, 15) is 13.2 Å². The number of methoxy groups -OCH3 is 1. The van der Waals surface area contributed by atoms with Crippen molar-refractivity contribution in [3.63, 3.8) is 0 Å². The van der Waals surface area contributed by atoms with Gasteiger partial charge in [-0.25, -0.2) is 13.1 Å². The van der Waals surface area contributed by atoms with Crippen molar-refractivity contribution in [2.45, 2.75) is 10.6 Å². The average molecular weight is 354 g/mol. The summed E-state index contributed by atoms with van der Waals surface area (Å²) in [5.41, 5.74) is 1.03. The third kappa shape index (κ3) is 5.34. The lowest BCUT2D eigenvalue weighted by atomic mass is 10.1. The van der Waals surface area contributed by atoms with Crippen LogP contribution in [0.2, 0.25) is 0 Å². The molecule has 6 nitrogen and oxygen atoms in total. The molecular formula is C15H18N2O4S2. The Kier molecular flexibility index (Phi) is 6.14. The molecule has 2 rings (SSSR count). The molecule has 23 heavy (non-hydrogen) atoms. The minimum atomic E-state index is -3.61. The van der Waals surface area contributed by atoms with Crippen LogP contribution < -0.4 is 14.8 Å². The molecule has 0 aliphatic heterocycles. The highest BCUT2D eigenvalue weighted by molar-refractivity contribution is 7.91. The monoisotopic (exact) mass is 354 g/mol. The molecule has 2 N–H and O–H groups in total. The molecule has 1 amide bonds. The van der Waals surface area contributed by atoms with E-state index in [2.05, 4.69) is 10.0 Å². The maximum Gasteiger partial charge on any atom is 0.250 e. The molecule has 1 aromatic heterocycles. The molecule has 0 atom stereocenters. The van der Waals surface area contributed by atoms with Gasteiger partial charge in [0.05, 0.1) is 13.7 Å². The second-order valence-electron chi connectivity index (χ2n) is 4.71. The van der Waals surface area contributed by atoms with Gasteiger partial charge in [0.15, 0.2) is 0 Å². The summed E-state index contributed by atoms with van der Waals surface area (Å²) in [6.45, 7) is 0.144. The van der Waals surface area contributed by atoms with Crippen LogP contribution in [0.3, 0.4) is 0 Å². The average Bonchev–Trinajstić information content (AvgIpc) is 3.09. The smallest absolute Gasteiger partial charge is 0.250 e. The van der Waals surface area contributed by atoms with Crippen molar-refractivity contribution in [2.75, 3.05) is 20.2 Å². The molecule has 0 bridgehead atoms. The van der Waals surface area contributed by atoms with Crippen molar-refractivity contribution < 1.29 is 17.9 Å². The zero-order valence-electron chi connectivity index (χ0n) is 12.6. The minimum absolute atomic E-state index is 0.196. The summed E-state index contributed by atoms with van der Waals surface area (Å²) < 4.78 is 31.3. The van der Waals surface area contributed by atoms with Crippen LogP contribution in [-0.2, 0) is 21.2 Å². The topological polar surface area (TPSA) is 84.5 Å². The fourth-order valence-corrected chi connectivity index (χ4v) is 3.90. The predicted octanol–water partition coefficient (Wildman–Crippen LogP) is 1.39. The summed E-state index contributed by atoms with van der Waals surface area (Å²) in [6, 6.07) is 10.7. The Morgan fingerprint density at radius 3 is 2.78 bits per heavy atom. The molecule has 0 aliphatic rings. The summed E-state index contributed by atoms with van der Waals surface area (Å²) in [4.78, 5) is 11.7. The Balaban J connectivity index is 1.75. The molecule has 1 heterocycles. The van der Waals surface area contributed by atoms with Gasteiger partial charge < -0.3 is 10.1 Å². The Morgan fingerprint density at radius 1 is 1.26 bits per heavy atom. The number of hydrogen-bond acceptors (Lipinski definition) is 5. The number of nitrogens with one attached hydrogen (secondary N) is 2. The van der Waals surface area contributed by atoms with E-state index < -0.39 is 10.0 Å². The van der Waals surface area contributed by atoms with Crippen molar-refractivity contribution in [2.24, 2.45) is 0 Å². The lowest BCUT2D eigenvalue weighted by Crippen LogP contribution is -2.37. The lowest BCUT2D eigenvalue weighted by molar-refractivity contribution is -0.119. The number of sulfonamides is 1. The zero-order valence-corrected chi connectivity index (χ0v) is 14.2. The Hall–Kier alpha value is -1.90. The van der Waals surface area contributed by atoms with Crippen molar-refractivity contribution in [1.82, 2.24) is 10.0 Å². The van der Waals surface area contributed by atoms with Crippen LogP contribution in [0.25, 0.3) is 0 Å². The number of amides is 1. The molecule has 1 aromatic carbocycles. The van der Waals surface area contributed by atoms with Crippen molar-refractivity contribution in [3.05, 3.63) is 47.3 Å². The van der Waals surface area contributed by atoms with E-state index in [0.29, 0.717) is 13.0 Å². The fraction of sp³-hybridized carbons (Fsp3) is 0.267. The lowest BCUT2D eigenvalue weighted by Gasteiger charge is -2.07. The summed E-state index contributed by atoms with van der Waals surface area (Å²) >= 11 is 1.11. The first-order valence-electron chi connectivity index (χ1n) is 6.94. The highest BCUT2D eigenvalue weighted by Gasteiger charge is 2.15. The van der Waals surface area contributed by atoms with E-state index in [4.69, 9.17) is 4.74 Å². The fourth-order valence-electron chi connectivity index (χ4n) is 1.88. The standard InChI is InChI=1S/C15H18N2O4S2/c1-21-13-5-2-4-12(10-13)7-8-16-14(18)11-17-23(19,20)15-6-3-9-22-15/h2-6,9-10,17H,7-8,11H2,1H3,(H,16,18). The van der Waals surface area contributed by atoms with Gasteiger partial charge in [-0.1, -0.05) is 18.2 Å². The minimum Gasteiger partial charge on any atom is -0.497 e. The van der Waals surface area contributed by atoms with Crippen LogP contribution in [0.4, 0.5) is 0 Å². The van der Waals surface area contributed by atoms with Crippen LogP contribution >= 0.6 is 11.3 Å². The molecule has 8 heteroatoms. The molecule has 2 aromatic rings. The molecule has 0 saturated carbocycles. The van der Waals surface area contributed by atoms with Gasteiger partial charge in [-0.15, -0.1) is 11.3 Å². The second kappa shape index (κ2) is 8.09. The van der Waals surface area contributed by atoms with Gasteiger partial charge >= 0.3 is 0 Å². The van der Waals surface area contributed by atoms with E-state index in [1.807, 2.05) is 24.3 Å². The summed E-state index contributed by atoms with van der Waals surface area (Å²) in [6.07, 6.45) is 0.639. The molecule has 124 valence electrons. The molecular weight excluding hydrogens is 336 g/mol. The first-order chi connectivity index (χ1) is 11.0. The van der Waals surface area contributed by atoms with E-state index in [0.717, 1.165) is 22.6 Å².